The molecule has 212 valence electrons. The molecular formula is C30H28F3N5O3. The van der Waals surface area contributed by atoms with Crippen LogP contribution in [0, 0.1) is 6.92 Å². The monoisotopic (exact) mass is 563 g/mol. The first-order valence-electron chi connectivity index (χ1n) is 13.0. The highest BCUT2D eigenvalue weighted by Gasteiger charge is 2.32. The van der Waals surface area contributed by atoms with Crippen LogP contribution in [0.2, 0.25) is 0 Å². The summed E-state index contributed by atoms with van der Waals surface area (Å²) in [6.45, 7) is 3.71. The molecule has 41 heavy (non-hydrogen) atoms. The summed E-state index contributed by atoms with van der Waals surface area (Å²) in [6.07, 6.45) is -1.28. The predicted molar refractivity (Wildman–Crippen MR) is 151 cm³/mol. The Balaban J connectivity index is 1.44. The number of aryl methyl sites for hydroxylation is 1. The molecular weight excluding hydrogens is 535 g/mol. The maximum absolute atomic E-state index is 13.5. The summed E-state index contributed by atoms with van der Waals surface area (Å²) in [7, 11) is 1.77. The molecule has 1 fully saturated rings. The van der Waals surface area contributed by atoms with Crippen LogP contribution in [0.25, 0.3) is 11.1 Å². The summed E-state index contributed by atoms with van der Waals surface area (Å²) in [6, 6.07) is 15.6. The van der Waals surface area contributed by atoms with Crippen molar-refractivity contribution < 1.29 is 27.4 Å². The highest BCUT2D eigenvalue weighted by atomic mass is 19.4. The Morgan fingerprint density at radius 1 is 1.00 bits per heavy atom. The van der Waals surface area contributed by atoms with Crippen molar-refractivity contribution >= 4 is 23.1 Å². The van der Waals surface area contributed by atoms with Gasteiger partial charge < -0.3 is 25.0 Å². The van der Waals surface area contributed by atoms with Crippen LogP contribution in [-0.2, 0) is 10.9 Å². The number of aromatic nitrogens is 2. The van der Waals surface area contributed by atoms with Gasteiger partial charge >= 0.3 is 6.18 Å². The number of rotatable bonds is 7. The number of anilines is 3. The minimum atomic E-state index is -4.56. The number of carbonyl (C=O) groups is 1. The second-order valence-electron chi connectivity index (χ2n) is 9.40. The quantitative estimate of drug-likeness (QED) is 0.269. The van der Waals surface area contributed by atoms with Gasteiger partial charge in [-0.15, -0.1) is 0 Å². The molecule has 2 aromatic carbocycles. The Labute approximate surface area is 235 Å². The van der Waals surface area contributed by atoms with Gasteiger partial charge in [-0.1, -0.05) is 6.07 Å². The van der Waals surface area contributed by atoms with E-state index in [1.54, 1.807) is 43.7 Å². The standard InChI is InChI=1S/C30H28F3N5O3/c1-19-5-6-21(16-26(19)41-29-23(4-3-10-36-29)20-9-11-35-27(17-20)34-2)28(39)37-24-18-22(30(31,32)33)7-8-25(24)38-12-14-40-15-13-38/h3-11,16-18H,12-15H2,1-2H3,(H,34,35)(H,37,39). The maximum Gasteiger partial charge on any atom is 0.416 e. The van der Waals surface area contributed by atoms with Crippen LogP contribution < -0.4 is 20.3 Å². The number of alkyl halides is 3. The number of pyridine rings is 2. The van der Waals surface area contributed by atoms with Crippen molar-refractivity contribution in [3.8, 4) is 22.8 Å². The lowest BCUT2D eigenvalue weighted by atomic mass is 10.1. The van der Waals surface area contributed by atoms with Crippen LogP contribution in [-0.4, -0.2) is 49.2 Å². The van der Waals surface area contributed by atoms with Gasteiger partial charge in [-0.25, -0.2) is 9.97 Å². The van der Waals surface area contributed by atoms with Crippen molar-refractivity contribution in [2.24, 2.45) is 0 Å². The van der Waals surface area contributed by atoms with E-state index in [1.165, 1.54) is 6.07 Å². The van der Waals surface area contributed by atoms with Gasteiger partial charge in [0.05, 0.1) is 30.2 Å². The summed E-state index contributed by atoms with van der Waals surface area (Å²) in [5, 5.41) is 5.69. The number of nitrogens with zero attached hydrogens (tertiary/aromatic N) is 3. The molecule has 0 bridgehead atoms. The van der Waals surface area contributed by atoms with Gasteiger partial charge in [0.2, 0.25) is 5.88 Å². The molecule has 3 heterocycles. The second kappa shape index (κ2) is 11.8. The van der Waals surface area contributed by atoms with Crippen molar-refractivity contribution in [1.82, 2.24) is 9.97 Å². The van der Waals surface area contributed by atoms with E-state index in [0.717, 1.165) is 28.8 Å². The number of hydrogen-bond acceptors (Lipinski definition) is 7. The molecule has 1 amide bonds. The van der Waals surface area contributed by atoms with Crippen molar-refractivity contribution in [2.75, 3.05) is 48.9 Å². The molecule has 0 radical (unpaired) electrons. The van der Waals surface area contributed by atoms with Crippen LogP contribution in [0.1, 0.15) is 21.5 Å². The first-order valence-corrected chi connectivity index (χ1v) is 13.0. The third kappa shape index (κ3) is 6.41. The highest BCUT2D eigenvalue weighted by molar-refractivity contribution is 6.06. The van der Waals surface area contributed by atoms with Crippen LogP contribution in [0.5, 0.6) is 11.6 Å². The zero-order valence-corrected chi connectivity index (χ0v) is 22.5. The number of ether oxygens (including phenoxy) is 2. The van der Waals surface area contributed by atoms with E-state index >= 15 is 0 Å². The van der Waals surface area contributed by atoms with E-state index in [0.29, 0.717) is 49.4 Å². The summed E-state index contributed by atoms with van der Waals surface area (Å²) in [4.78, 5) is 23.9. The number of morpholine rings is 1. The van der Waals surface area contributed by atoms with Crippen LogP contribution in [0.4, 0.5) is 30.4 Å². The smallest absolute Gasteiger partial charge is 0.416 e. The Bertz CT molecular complexity index is 1550. The molecule has 5 rings (SSSR count). The summed E-state index contributed by atoms with van der Waals surface area (Å²) in [5.74, 6) is 0.822. The number of halogens is 3. The van der Waals surface area contributed by atoms with Crippen LogP contribution in [0.3, 0.4) is 0 Å². The molecule has 2 N–H and O–H groups in total. The fourth-order valence-electron chi connectivity index (χ4n) is 4.47. The van der Waals surface area contributed by atoms with Crippen molar-refractivity contribution in [1.29, 1.82) is 0 Å². The number of hydrogen-bond donors (Lipinski definition) is 2. The minimum absolute atomic E-state index is 0.0693. The van der Waals surface area contributed by atoms with Gasteiger partial charge in [0.1, 0.15) is 11.6 Å². The molecule has 0 atom stereocenters. The molecule has 0 unspecified atom stereocenters. The molecule has 1 aliphatic heterocycles. The largest absolute Gasteiger partial charge is 0.438 e. The lowest BCUT2D eigenvalue weighted by Gasteiger charge is -2.31. The second-order valence-corrected chi connectivity index (χ2v) is 9.40. The van der Waals surface area contributed by atoms with E-state index in [9.17, 15) is 18.0 Å². The summed E-state index contributed by atoms with van der Waals surface area (Å²) in [5.41, 5.74) is 2.23. The zero-order valence-electron chi connectivity index (χ0n) is 22.5. The predicted octanol–water partition coefficient (Wildman–Crippen LogP) is 6.39. The number of nitrogens with one attached hydrogen (secondary N) is 2. The first-order chi connectivity index (χ1) is 19.7. The fourth-order valence-corrected chi connectivity index (χ4v) is 4.47. The van der Waals surface area contributed by atoms with Crippen LogP contribution in [0.15, 0.2) is 73.1 Å². The average molecular weight is 564 g/mol. The average Bonchev–Trinajstić information content (AvgIpc) is 2.98. The molecule has 8 nitrogen and oxygen atoms in total. The van der Waals surface area contributed by atoms with Gasteiger partial charge in [-0.3, -0.25) is 4.79 Å². The zero-order chi connectivity index (χ0) is 29.0. The lowest BCUT2D eigenvalue weighted by molar-refractivity contribution is -0.137. The maximum atomic E-state index is 13.5. The van der Waals surface area contributed by atoms with E-state index in [4.69, 9.17) is 9.47 Å². The fraction of sp³-hybridized carbons (Fsp3) is 0.233. The van der Waals surface area contributed by atoms with E-state index in [1.807, 2.05) is 30.0 Å². The van der Waals surface area contributed by atoms with Gasteiger partial charge in [-0.05, 0) is 72.6 Å². The van der Waals surface area contributed by atoms with E-state index in [2.05, 4.69) is 20.6 Å². The number of benzene rings is 2. The highest BCUT2D eigenvalue weighted by Crippen LogP contribution is 2.37. The number of amides is 1. The van der Waals surface area contributed by atoms with Gasteiger partial charge in [-0.2, -0.15) is 13.2 Å². The number of carbonyl (C=O) groups excluding carboxylic acids is 1. The third-order valence-corrected chi connectivity index (χ3v) is 6.68. The molecule has 4 aromatic rings. The molecule has 0 aliphatic carbocycles. The van der Waals surface area contributed by atoms with Crippen molar-refractivity contribution in [3.05, 3.63) is 89.7 Å². The Morgan fingerprint density at radius 2 is 1.80 bits per heavy atom. The van der Waals surface area contributed by atoms with Crippen molar-refractivity contribution in [2.45, 2.75) is 13.1 Å². The molecule has 0 spiro atoms. The molecule has 0 saturated carbocycles. The van der Waals surface area contributed by atoms with Gasteiger partial charge in [0.15, 0.2) is 0 Å². The molecule has 1 saturated heterocycles. The Morgan fingerprint density at radius 3 is 2.56 bits per heavy atom. The topological polar surface area (TPSA) is 88.6 Å². The molecule has 11 heteroatoms. The summed E-state index contributed by atoms with van der Waals surface area (Å²) >= 11 is 0. The molecule has 1 aliphatic rings. The summed E-state index contributed by atoms with van der Waals surface area (Å²) < 4.78 is 52.2. The van der Waals surface area contributed by atoms with Crippen LogP contribution >= 0.6 is 0 Å². The SMILES string of the molecule is CNc1cc(-c2cccnc2Oc2cc(C(=O)Nc3cc(C(F)(F)F)ccc3N3CCOCC3)ccc2C)ccn1. The van der Waals surface area contributed by atoms with Gasteiger partial charge in [0, 0.05) is 43.7 Å². The van der Waals surface area contributed by atoms with E-state index < -0.39 is 17.6 Å². The lowest BCUT2D eigenvalue weighted by Crippen LogP contribution is -2.36. The third-order valence-electron chi connectivity index (χ3n) is 6.68. The van der Waals surface area contributed by atoms with Crippen molar-refractivity contribution in [3.63, 3.8) is 0 Å². The van der Waals surface area contributed by atoms with E-state index in [-0.39, 0.29) is 11.3 Å². The first kappa shape index (κ1) is 27.9. The minimum Gasteiger partial charge on any atom is -0.438 e. The molecule has 2 aromatic heterocycles. The normalized spacial score (nSPS) is 13.5. The Kier molecular flexibility index (Phi) is 8.06. The Hall–Kier alpha value is -4.64. The van der Waals surface area contributed by atoms with Gasteiger partial charge in [0.25, 0.3) is 5.91 Å².